The molecule has 0 spiro atoms. The molecule has 1 saturated heterocycles. The van der Waals surface area contributed by atoms with E-state index >= 15 is 0 Å². The van der Waals surface area contributed by atoms with Crippen molar-refractivity contribution in [3.05, 3.63) is 75.5 Å². The predicted octanol–water partition coefficient (Wildman–Crippen LogP) is 6.23. The minimum atomic E-state index is -0.273. The number of rotatable bonds is 13. The fraction of sp³-hybridized carbons (Fsp3) is 0.568. The summed E-state index contributed by atoms with van der Waals surface area (Å²) in [5.41, 5.74) is 5.43. The molecule has 55 heavy (non-hydrogen) atoms. The van der Waals surface area contributed by atoms with Crippen molar-refractivity contribution in [2.24, 2.45) is 23.2 Å². The van der Waals surface area contributed by atoms with Crippen molar-refractivity contribution in [1.29, 1.82) is 0 Å². The molecule has 4 bridgehead atoms. The van der Waals surface area contributed by atoms with Crippen LogP contribution < -0.4 is 21.1 Å². The highest BCUT2D eigenvalue weighted by Crippen LogP contribution is 2.61. The Hall–Kier alpha value is -4.51. The summed E-state index contributed by atoms with van der Waals surface area (Å²) >= 11 is 0. The number of pyridine rings is 2. The Morgan fingerprint density at radius 2 is 1.67 bits per heavy atom. The monoisotopic (exact) mass is 746 g/mol. The summed E-state index contributed by atoms with van der Waals surface area (Å²) in [5.74, 6) is 3.27. The molecule has 3 aromatic heterocycles. The molecule has 0 radical (unpaired) electrons. The van der Waals surface area contributed by atoms with Gasteiger partial charge in [-0.05, 0) is 130 Å². The largest absolute Gasteiger partial charge is 0.354 e. The van der Waals surface area contributed by atoms with Crippen LogP contribution in [0.15, 0.2) is 47.5 Å². The minimum absolute atomic E-state index is 0.125. The molecule has 3 N–H and O–H groups in total. The highest BCUT2D eigenvalue weighted by Gasteiger charge is 2.51. The zero-order chi connectivity index (χ0) is 38.3. The molecule has 1 aromatic carbocycles. The summed E-state index contributed by atoms with van der Waals surface area (Å²) in [7, 11) is 0. The average Bonchev–Trinajstić information content (AvgIpc) is 3.56. The summed E-state index contributed by atoms with van der Waals surface area (Å²) in [6.07, 6.45) is 13.7. The lowest BCUT2D eigenvalue weighted by Gasteiger charge is -2.56. The number of nitrogens with zero attached hydrogens (tertiary/aromatic N) is 5. The van der Waals surface area contributed by atoms with Crippen LogP contribution >= 0.6 is 0 Å². The minimum Gasteiger partial charge on any atom is -0.354 e. The summed E-state index contributed by atoms with van der Waals surface area (Å²) in [6, 6.07) is 10.7. The van der Waals surface area contributed by atoms with Crippen molar-refractivity contribution in [3.63, 3.8) is 0 Å². The molecular formula is C44H58N8O3. The topological polar surface area (TPSA) is 128 Å². The molecule has 9 rings (SSSR count). The maximum absolute atomic E-state index is 14.1. The average molecular weight is 747 g/mol. The number of H-pyrrole nitrogens is 1. The van der Waals surface area contributed by atoms with E-state index in [4.69, 9.17) is 10.1 Å². The lowest BCUT2D eigenvalue weighted by molar-refractivity contribution is -0.129. The van der Waals surface area contributed by atoms with Gasteiger partial charge in [-0.1, -0.05) is 13.3 Å². The van der Waals surface area contributed by atoms with E-state index in [0.29, 0.717) is 36.7 Å². The first-order valence-corrected chi connectivity index (χ1v) is 20.8. The first kappa shape index (κ1) is 37.4. The molecule has 4 heterocycles. The third-order valence-corrected chi connectivity index (χ3v) is 13.1. The molecular weight excluding hydrogens is 689 g/mol. The van der Waals surface area contributed by atoms with Crippen LogP contribution in [0.1, 0.15) is 99.3 Å². The number of fused-ring (bicyclic) bond motifs is 1. The number of benzene rings is 1. The Balaban J connectivity index is 1.02. The van der Waals surface area contributed by atoms with E-state index in [9.17, 15) is 14.4 Å². The molecule has 4 aromatic rings. The second kappa shape index (κ2) is 15.6. The molecule has 11 nitrogen and oxygen atoms in total. The number of aryl methyl sites for hydroxylation is 2. The predicted molar refractivity (Wildman–Crippen MR) is 217 cm³/mol. The molecule has 2 amide bonds. The van der Waals surface area contributed by atoms with Crippen LogP contribution in [0.2, 0.25) is 0 Å². The summed E-state index contributed by atoms with van der Waals surface area (Å²) in [5, 5.41) is 11.7. The smallest absolute Gasteiger partial charge is 0.253 e. The van der Waals surface area contributed by atoms with Crippen molar-refractivity contribution >= 4 is 28.5 Å². The van der Waals surface area contributed by atoms with Crippen LogP contribution in [0.4, 0.5) is 5.82 Å². The van der Waals surface area contributed by atoms with Gasteiger partial charge in [0.2, 0.25) is 5.91 Å². The Morgan fingerprint density at radius 3 is 2.33 bits per heavy atom. The number of hydrogen-bond acceptors (Lipinski definition) is 7. The van der Waals surface area contributed by atoms with Crippen molar-refractivity contribution in [3.8, 4) is 11.1 Å². The maximum Gasteiger partial charge on any atom is 0.253 e. The third-order valence-electron chi connectivity index (χ3n) is 13.1. The van der Waals surface area contributed by atoms with Crippen LogP contribution in [0.3, 0.4) is 0 Å². The standard InChI is InChI=1S/C44H58N8O3/c1-5-6-33-15-29(4)49-43(55)37(33)26-47-42(54)36-19-35(34-7-8-40(46-25-34)51-13-11-50(12-14-51)28(2)3)20-39-38(36)27-48-52(39)10-9-45-41(53)24-44-21-30-16-31(22-44)18-32(17-30)23-44/h7-8,15,19-20,25,27-28,30-32H,5-6,9-14,16-18,21-24,26H2,1-4H3,(H,45,53)(H,47,54)(H,49,55). The molecule has 292 valence electrons. The second-order valence-electron chi connectivity index (χ2n) is 17.5. The molecule has 5 aliphatic rings. The fourth-order valence-corrected chi connectivity index (χ4v) is 10.9. The van der Waals surface area contributed by atoms with Gasteiger partial charge in [0.15, 0.2) is 0 Å². The first-order chi connectivity index (χ1) is 26.6. The number of hydrogen-bond donors (Lipinski definition) is 3. The van der Waals surface area contributed by atoms with Gasteiger partial charge in [0.25, 0.3) is 11.5 Å². The Labute approximate surface area is 324 Å². The number of piperazine rings is 1. The van der Waals surface area contributed by atoms with Crippen molar-refractivity contribution in [2.75, 3.05) is 37.6 Å². The molecule has 0 unspecified atom stereocenters. The van der Waals surface area contributed by atoms with Crippen LogP contribution in [0.25, 0.3) is 22.0 Å². The van der Waals surface area contributed by atoms with E-state index < -0.39 is 0 Å². The van der Waals surface area contributed by atoms with Crippen LogP contribution in [-0.4, -0.2) is 75.2 Å². The highest BCUT2D eigenvalue weighted by atomic mass is 16.2. The summed E-state index contributed by atoms with van der Waals surface area (Å²) < 4.78 is 1.89. The van der Waals surface area contributed by atoms with E-state index in [-0.39, 0.29) is 29.3 Å². The van der Waals surface area contributed by atoms with E-state index in [1.165, 1.54) is 38.5 Å². The van der Waals surface area contributed by atoms with E-state index in [0.717, 1.165) is 95.9 Å². The zero-order valence-electron chi connectivity index (χ0n) is 33.1. The van der Waals surface area contributed by atoms with E-state index in [1.807, 2.05) is 29.9 Å². The third kappa shape index (κ3) is 7.95. The Kier molecular flexibility index (Phi) is 10.6. The number of amides is 2. The van der Waals surface area contributed by atoms with Crippen molar-refractivity contribution in [2.45, 2.75) is 105 Å². The van der Waals surface area contributed by atoms with Gasteiger partial charge in [0.1, 0.15) is 5.82 Å². The van der Waals surface area contributed by atoms with Gasteiger partial charge in [-0.3, -0.25) is 24.0 Å². The highest BCUT2D eigenvalue weighted by molar-refractivity contribution is 6.08. The summed E-state index contributed by atoms with van der Waals surface area (Å²) in [6.45, 7) is 13.4. The molecule has 5 fully saturated rings. The maximum atomic E-state index is 14.1. The zero-order valence-corrected chi connectivity index (χ0v) is 33.1. The second-order valence-corrected chi connectivity index (χ2v) is 17.5. The molecule has 4 saturated carbocycles. The molecule has 0 atom stereocenters. The number of nitrogens with one attached hydrogen (secondary N) is 3. The van der Waals surface area contributed by atoms with Crippen LogP contribution in [-0.2, 0) is 24.3 Å². The van der Waals surface area contributed by atoms with Gasteiger partial charge >= 0.3 is 0 Å². The number of anilines is 1. The van der Waals surface area contributed by atoms with Crippen LogP contribution in [0.5, 0.6) is 0 Å². The lowest BCUT2D eigenvalue weighted by Crippen LogP contribution is -2.49. The van der Waals surface area contributed by atoms with Gasteiger partial charge in [-0.15, -0.1) is 0 Å². The fourth-order valence-electron chi connectivity index (χ4n) is 10.9. The normalized spacial score (nSPS) is 23.5. The van der Waals surface area contributed by atoms with Gasteiger partial charge in [0.05, 0.1) is 23.8 Å². The number of aromatic nitrogens is 4. The lowest BCUT2D eigenvalue weighted by atomic mass is 9.49. The molecule has 4 aliphatic carbocycles. The Morgan fingerprint density at radius 1 is 0.945 bits per heavy atom. The van der Waals surface area contributed by atoms with E-state index in [1.54, 1.807) is 6.20 Å². The van der Waals surface area contributed by atoms with Crippen LogP contribution in [0, 0.1) is 30.1 Å². The number of aromatic amines is 1. The summed E-state index contributed by atoms with van der Waals surface area (Å²) in [4.78, 5) is 53.0. The van der Waals surface area contributed by atoms with Crippen molar-refractivity contribution in [1.82, 2.24) is 35.3 Å². The van der Waals surface area contributed by atoms with Gasteiger partial charge in [-0.2, -0.15) is 5.10 Å². The Bertz CT molecular complexity index is 2060. The molecule has 11 heteroatoms. The van der Waals surface area contributed by atoms with Gasteiger partial charge < -0.3 is 20.5 Å². The van der Waals surface area contributed by atoms with Crippen molar-refractivity contribution < 1.29 is 9.59 Å². The van der Waals surface area contributed by atoms with E-state index in [2.05, 4.69) is 64.4 Å². The SMILES string of the molecule is CCCc1cc(C)[nH]c(=O)c1CNC(=O)c1cc(-c2ccc(N3CCN(C(C)C)CC3)nc2)cc2c1cnn2CCNC(=O)CC12CC3CC(CC(C3)C1)C2. The number of carbonyl (C=O) groups excluding carboxylic acids is 2. The number of carbonyl (C=O) groups is 2. The quantitative estimate of drug-likeness (QED) is 0.148. The van der Waals surface area contributed by atoms with Gasteiger partial charge in [0, 0.05) is 80.1 Å². The first-order valence-electron chi connectivity index (χ1n) is 20.8. The molecule has 1 aliphatic heterocycles. The van der Waals surface area contributed by atoms with Gasteiger partial charge in [-0.25, -0.2) is 4.98 Å².